The van der Waals surface area contributed by atoms with E-state index in [9.17, 15) is 0 Å². The normalized spacial score (nSPS) is 14.1. The molecule has 0 N–H and O–H groups in total. The van der Waals surface area contributed by atoms with E-state index in [4.69, 9.17) is 8.23 Å². The van der Waals surface area contributed by atoms with Gasteiger partial charge in [-0.15, -0.1) is 0 Å². The molecule has 17 heavy (non-hydrogen) atoms. The van der Waals surface area contributed by atoms with Crippen LogP contribution in [0.25, 0.3) is 0 Å². The van der Waals surface area contributed by atoms with Crippen molar-refractivity contribution in [2.45, 2.75) is 72.3 Å². The molecular formula is C12H31O2Si3. The van der Waals surface area contributed by atoms with Crippen LogP contribution in [0.3, 0.4) is 0 Å². The topological polar surface area (TPSA) is 18.5 Å². The monoisotopic (exact) mass is 291 g/mol. The van der Waals surface area contributed by atoms with Gasteiger partial charge in [0.25, 0.3) is 0 Å². The number of rotatable bonds is 9. The van der Waals surface area contributed by atoms with Gasteiger partial charge in [-0.25, -0.2) is 0 Å². The standard InChI is InChI=1S/C12H31O2Si3/c1-8-9-10-11-15-13-17(6,7)14-16(4,5)12(2)3/h8-11,15H2,1-7H3. The minimum atomic E-state index is -1.86. The van der Waals surface area contributed by atoms with Crippen LogP contribution in [-0.2, 0) is 8.23 Å². The lowest BCUT2D eigenvalue weighted by molar-refractivity contribution is 0.406. The van der Waals surface area contributed by atoms with E-state index in [1.54, 1.807) is 0 Å². The number of hydrogen-bond acceptors (Lipinski definition) is 2. The summed E-state index contributed by atoms with van der Waals surface area (Å²) < 4.78 is 12.5. The van der Waals surface area contributed by atoms with Crippen molar-refractivity contribution < 1.29 is 8.23 Å². The largest absolute Gasteiger partial charge is 0.442 e. The summed E-state index contributed by atoms with van der Waals surface area (Å²) in [4.78, 5) is 0. The lowest BCUT2D eigenvalue weighted by Gasteiger charge is -2.35. The first kappa shape index (κ1) is 17.6. The average Bonchev–Trinajstić information content (AvgIpc) is 2.15. The van der Waals surface area contributed by atoms with Crippen molar-refractivity contribution in [3.05, 3.63) is 5.54 Å². The zero-order chi connectivity index (χ0) is 13.5. The average molecular weight is 292 g/mol. The van der Waals surface area contributed by atoms with Gasteiger partial charge >= 0.3 is 8.56 Å². The van der Waals surface area contributed by atoms with Crippen molar-refractivity contribution in [3.8, 4) is 0 Å². The van der Waals surface area contributed by atoms with E-state index < -0.39 is 16.9 Å². The maximum Gasteiger partial charge on any atom is 0.310 e. The third-order valence-electron chi connectivity index (χ3n) is 3.15. The van der Waals surface area contributed by atoms with Crippen LogP contribution in [0.5, 0.6) is 0 Å². The Morgan fingerprint density at radius 3 is 2.12 bits per heavy atom. The molecule has 0 amide bonds. The second-order valence-corrected chi connectivity index (χ2v) is 15.8. The molecule has 0 unspecified atom stereocenters. The Morgan fingerprint density at radius 1 is 1.06 bits per heavy atom. The molecule has 0 aromatic rings. The summed E-state index contributed by atoms with van der Waals surface area (Å²) in [6.07, 6.45) is 3.99. The minimum absolute atomic E-state index is 0.357. The van der Waals surface area contributed by atoms with Crippen LogP contribution in [0, 0.1) is 5.54 Å². The molecule has 0 bridgehead atoms. The number of unbranched alkanes of at least 4 members (excludes halogenated alkanes) is 2. The molecule has 5 heteroatoms. The Morgan fingerprint density at radius 2 is 1.65 bits per heavy atom. The summed E-state index contributed by atoms with van der Waals surface area (Å²) >= 11 is 0. The molecule has 0 spiro atoms. The molecule has 0 saturated heterocycles. The molecular weight excluding hydrogens is 260 g/mol. The summed E-state index contributed by atoms with van der Waals surface area (Å²) in [6.45, 7) is 15.6. The molecule has 0 aliphatic rings. The van der Waals surface area contributed by atoms with Crippen LogP contribution in [0.1, 0.15) is 40.0 Å². The molecule has 0 rings (SSSR count). The first-order chi connectivity index (χ1) is 7.71. The van der Waals surface area contributed by atoms with Crippen molar-refractivity contribution in [3.63, 3.8) is 0 Å². The quantitative estimate of drug-likeness (QED) is 0.475. The zero-order valence-corrected chi connectivity index (χ0v) is 16.3. The van der Waals surface area contributed by atoms with Gasteiger partial charge < -0.3 is 8.23 Å². The Kier molecular flexibility index (Phi) is 8.15. The predicted molar refractivity (Wildman–Crippen MR) is 84.6 cm³/mol. The fourth-order valence-corrected chi connectivity index (χ4v) is 11.2. The van der Waals surface area contributed by atoms with E-state index in [2.05, 4.69) is 47.0 Å². The van der Waals surface area contributed by atoms with Gasteiger partial charge in [-0.05, 0) is 37.8 Å². The van der Waals surface area contributed by atoms with Crippen molar-refractivity contribution in [1.29, 1.82) is 0 Å². The smallest absolute Gasteiger partial charge is 0.310 e. The van der Waals surface area contributed by atoms with Crippen molar-refractivity contribution in [2.75, 3.05) is 0 Å². The molecule has 0 aliphatic carbocycles. The van der Waals surface area contributed by atoms with Crippen LogP contribution >= 0.6 is 0 Å². The highest BCUT2D eigenvalue weighted by molar-refractivity contribution is 6.86. The highest BCUT2D eigenvalue weighted by atomic mass is 28.5. The second-order valence-electron chi connectivity index (χ2n) is 5.92. The Labute approximate surface area is 113 Å². The van der Waals surface area contributed by atoms with Gasteiger partial charge in [0.05, 0.1) is 0 Å². The van der Waals surface area contributed by atoms with Crippen molar-refractivity contribution >= 4 is 26.6 Å². The van der Waals surface area contributed by atoms with Crippen LogP contribution in [-0.4, -0.2) is 26.6 Å². The number of hydrogen-bond donors (Lipinski definition) is 0. The lowest BCUT2D eigenvalue weighted by Crippen LogP contribution is -2.49. The molecule has 0 aromatic carbocycles. The van der Waals surface area contributed by atoms with Crippen molar-refractivity contribution in [2.24, 2.45) is 0 Å². The van der Waals surface area contributed by atoms with Crippen molar-refractivity contribution in [1.82, 2.24) is 0 Å². The highest BCUT2D eigenvalue weighted by Gasteiger charge is 2.36. The SMILES string of the molecule is CCCCC[SiH2]O[Si](C)(C)O[Si](C)(C)[C](C)C. The molecule has 103 valence electrons. The summed E-state index contributed by atoms with van der Waals surface area (Å²) in [5.74, 6) is 0. The molecule has 0 atom stereocenters. The third-order valence-corrected chi connectivity index (χ3v) is 14.0. The molecule has 1 radical (unpaired) electrons. The fourth-order valence-electron chi connectivity index (χ4n) is 1.59. The maximum absolute atomic E-state index is 6.35. The van der Waals surface area contributed by atoms with E-state index in [-0.39, 0.29) is 9.76 Å². The molecule has 0 fully saturated rings. The van der Waals surface area contributed by atoms with E-state index in [1.165, 1.54) is 30.8 Å². The van der Waals surface area contributed by atoms with Gasteiger partial charge in [0, 0.05) is 0 Å². The minimum Gasteiger partial charge on any atom is -0.442 e. The first-order valence-corrected chi connectivity index (χ1v) is 14.2. The van der Waals surface area contributed by atoms with Crippen LogP contribution in [0.2, 0.25) is 32.2 Å². The Balaban J connectivity index is 3.95. The molecule has 2 nitrogen and oxygen atoms in total. The van der Waals surface area contributed by atoms with E-state index in [0.717, 1.165) is 0 Å². The predicted octanol–water partition coefficient (Wildman–Crippen LogP) is 3.77. The Hall–Kier alpha value is 0.571. The van der Waals surface area contributed by atoms with Gasteiger partial charge in [-0.2, -0.15) is 0 Å². The summed E-state index contributed by atoms with van der Waals surface area (Å²) in [5.41, 5.74) is 1.45. The van der Waals surface area contributed by atoms with E-state index in [1.807, 2.05) is 0 Å². The van der Waals surface area contributed by atoms with E-state index >= 15 is 0 Å². The van der Waals surface area contributed by atoms with Crippen LogP contribution in [0.15, 0.2) is 0 Å². The summed E-state index contributed by atoms with van der Waals surface area (Å²) in [7, 11) is -3.83. The van der Waals surface area contributed by atoms with Gasteiger partial charge in [0.15, 0.2) is 8.32 Å². The zero-order valence-electron chi connectivity index (χ0n) is 12.9. The van der Waals surface area contributed by atoms with E-state index in [0.29, 0.717) is 0 Å². The fraction of sp³-hybridized carbons (Fsp3) is 0.917. The van der Waals surface area contributed by atoms with Gasteiger partial charge in [-0.3, -0.25) is 0 Å². The van der Waals surface area contributed by atoms with Gasteiger partial charge in [0.2, 0.25) is 0 Å². The summed E-state index contributed by atoms with van der Waals surface area (Å²) in [5, 5.41) is 0. The molecule has 0 aromatic heterocycles. The lowest BCUT2D eigenvalue weighted by atomic mass is 10.3. The van der Waals surface area contributed by atoms with Gasteiger partial charge in [-0.1, -0.05) is 40.0 Å². The molecule has 0 saturated carbocycles. The van der Waals surface area contributed by atoms with Crippen LogP contribution in [0.4, 0.5) is 0 Å². The summed E-state index contributed by atoms with van der Waals surface area (Å²) in [6, 6.07) is 1.31. The maximum atomic E-state index is 6.35. The molecule has 0 heterocycles. The van der Waals surface area contributed by atoms with Gasteiger partial charge in [0.1, 0.15) is 9.76 Å². The van der Waals surface area contributed by atoms with Crippen LogP contribution < -0.4 is 0 Å². The third kappa shape index (κ3) is 8.31. The Bertz CT molecular complexity index is 206. The second kappa shape index (κ2) is 7.89. The molecule has 0 aliphatic heterocycles. The highest BCUT2D eigenvalue weighted by Crippen LogP contribution is 2.23. The first-order valence-electron chi connectivity index (χ1n) is 6.86.